The van der Waals surface area contributed by atoms with Gasteiger partial charge in [-0.05, 0) is 67.2 Å². The molecule has 7 nitrogen and oxygen atoms in total. The number of anilines is 1. The van der Waals surface area contributed by atoms with Crippen LogP contribution in [-0.2, 0) is 16.1 Å². The highest BCUT2D eigenvalue weighted by molar-refractivity contribution is 6.31. The lowest BCUT2D eigenvalue weighted by Crippen LogP contribution is -2.55. The Labute approximate surface area is 221 Å². The fraction of sp³-hybridized carbons (Fsp3) is 0.429. The molecule has 196 valence electrons. The maximum Gasteiger partial charge on any atom is 0.319 e. The summed E-state index contributed by atoms with van der Waals surface area (Å²) in [6.07, 6.45) is 6.85. The highest BCUT2D eigenvalue weighted by Crippen LogP contribution is 2.31. The molecule has 3 aliphatic rings. The van der Waals surface area contributed by atoms with E-state index in [2.05, 4.69) is 15.5 Å². The van der Waals surface area contributed by atoms with Crippen molar-refractivity contribution in [3.8, 4) is 0 Å². The molecule has 2 atom stereocenters. The van der Waals surface area contributed by atoms with Crippen LogP contribution in [0.3, 0.4) is 0 Å². The number of benzene rings is 2. The number of rotatable bonds is 6. The number of ether oxygens (including phenoxy) is 1. The fourth-order valence-corrected chi connectivity index (χ4v) is 5.71. The number of hydrogen-bond donors (Lipinski definition) is 2. The van der Waals surface area contributed by atoms with Gasteiger partial charge in [-0.1, -0.05) is 29.8 Å². The van der Waals surface area contributed by atoms with Crippen LogP contribution in [0.5, 0.6) is 0 Å². The third kappa shape index (κ3) is 6.50. The van der Waals surface area contributed by atoms with Crippen LogP contribution in [0.2, 0.25) is 5.02 Å². The minimum atomic E-state index is -0.300. The molecule has 0 spiro atoms. The monoisotopic (exact) mass is 526 g/mol. The van der Waals surface area contributed by atoms with Crippen molar-refractivity contribution in [3.05, 3.63) is 70.5 Å². The van der Waals surface area contributed by atoms with Crippen LogP contribution in [-0.4, -0.2) is 66.2 Å². The van der Waals surface area contributed by atoms with E-state index in [-0.39, 0.29) is 35.9 Å². The molecule has 3 saturated heterocycles. The number of likely N-dealkylation sites (tertiary alicyclic amines) is 1. The number of fused-ring (bicyclic) bond motifs is 2. The largest absolute Gasteiger partial charge is 0.381 e. The van der Waals surface area contributed by atoms with Crippen molar-refractivity contribution in [1.82, 2.24) is 15.1 Å². The normalized spacial score (nSPS) is 22.4. The highest BCUT2D eigenvalue weighted by atomic mass is 35.5. The first-order valence-electron chi connectivity index (χ1n) is 12.9. The minimum Gasteiger partial charge on any atom is -0.381 e. The average Bonchev–Trinajstić information content (AvgIpc) is 3.15. The van der Waals surface area contributed by atoms with E-state index in [9.17, 15) is 14.0 Å². The Kier molecular flexibility index (Phi) is 8.08. The molecule has 2 N–H and O–H groups in total. The smallest absolute Gasteiger partial charge is 0.319 e. The molecular weight excluding hydrogens is 495 g/mol. The molecule has 9 heteroatoms. The Hall–Kier alpha value is -2.94. The van der Waals surface area contributed by atoms with E-state index in [1.807, 2.05) is 17.0 Å². The van der Waals surface area contributed by atoms with Gasteiger partial charge in [-0.3, -0.25) is 9.69 Å². The Morgan fingerprint density at radius 2 is 1.73 bits per heavy atom. The number of hydrogen-bond acceptors (Lipinski definition) is 4. The Balaban J connectivity index is 1.21. The van der Waals surface area contributed by atoms with Crippen LogP contribution in [0.25, 0.3) is 6.08 Å². The number of nitrogens with zero attached hydrogens (tertiary/aromatic N) is 2. The molecule has 2 unspecified atom stereocenters. The quantitative estimate of drug-likeness (QED) is 0.537. The topological polar surface area (TPSA) is 73.9 Å². The van der Waals surface area contributed by atoms with E-state index in [1.165, 1.54) is 12.1 Å². The van der Waals surface area contributed by atoms with Gasteiger partial charge < -0.3 is 20.3 Å². The van der Waals surface area contributed by atoms with Crippen molar-refractivity contribution in [1.29, 1.82) is 0 Å². The average molecular weight is 527 g/mol. The van der Waals surface area contributed by atoms with Crippen molar-refractivity contribution < 1.29 is 18.7 Å². The molecule has 3 aliphatic heterocycles. The second-order valence-electron chi connectivity index (χ2n) is 10.0. The summed E-state index contributed by atoms with van der Waals surface area (Å²) in [4.78, 5) is 30.2. The van der Waals surface area contributed by atoms with Gasteiger partial charge >= 0.3 is 6.03 Å². The van der Waals surface area contributed by atoms with Gasteiger partial charge in [-0.2, -0.15) is 0 Å². The van der Waals surface area contributed by atoms with Crippen molar-refractivity contribution in [2.45, 2.75) is 50.4 Å². The molecule has 3 fully saturated rings. The van der Waals surface area contributed by atoms with Crippen LogP contribution in [0.1, 0.15) is 36.8 Å². The number of urea groups is 1. The molecule has 0 aliphatic carbocycles. The van der Waals surface area contributed by atoms with Crippen LogP contribution in [0.4, 0.5) is 14.9 Å². The maximum absolute atomic E-state index is 13.2. The molecule has 2 aromatic rings. The second-order valence-corrected chi connectivity index (χ2v) is 10.4. The molecule has 5 rings (SSSR count). The lowest BCUT2D eigenvalue weighted by Gasteiger charge is -2.40. The van der Waals surface area contributed by atoms with E-state index >= 15 is 0 Å². The van der Waals surface area contributed by atoms with Crippen LogP contribution >= 0.6 is 11.6 Å². The standard InChI is InChI=1S/C28H32ClFN4O3/c29-21-5-3-20(26(15-21)32-28(36)31-23-11-13-37-14-12-23)4-10-27(35)34-24-8-9-25(34)18-33(17-24)16-19-1-6-22(30)7-2-19/h1-7,10,15,23-25H,8-9,11-14,16-18H2,(H2,31,32,36). The van der Waals surface area contributed by atoms with Crippen molar-refractivity contribution >= 4 is 35.3 Å². The Morgan fingerprint density at radius 3 is 2.43 bits per heavy atom. The fourth-order valence-electron chi connectivity index (χ4n) is 5.54. The van der Waals surface area contributed by atoms with Gasteiger partial charge in [0, 0.05) is 62.1 Å². The number of carbonyl (C=O) groups excluding carboxylic acids is 2. The molecular formula is C28H32ClFN4O3. The first-order chi connectivity index (χ1) is 17.9. The number of nitrogens with one attached hydrogen (secondary N) is 2. The minimum absolute atomic E-state index is 0.0264. The SMILES string of the molecule is O=C(Nc1cc(Cl)ccc1C=CC(=O)N1C2CCC1CN(Cc1ccc(F)cc1)C2)NC1CCOCC1. The second kappa shape index (κ2) is 11.6. The van der Waals surface area contributed by atoms with Gasteiger partial charge in [0.25, 0.3) is 0 Å². The number of piperazine rings is 1. The lowest BCUT2D eigenvalue weighted by molar-refractivity contribution is -0.131. The zero-order valence-electron chi connectivity index (χ0n) is 20.7. The predicted molar refractivity (Wildman–Crippen MR) is 142 cm³/mol. The third-order valence-electron chi connectivity index (χ3n) is 7.36. The lowest BCUT2D eigenvalue weighted by atomic mass is 10.1. The zero-order chi connectivity index (χ0) is 25.8. The summed E-state index contributed by atoms with van der Waals surface area (Å²) in [7, 11) is 0. The predicted octanol–water partition coefficient (Wildman–Crippen LogP) is 4.67. The van der Waals surface area contributed by atoms with E-state index in [4.69, 9.17) is 16.3 Å². The van der Waals surface area contributed by atoms with Crippen LogP contribution in [0.15, 0.2) is 48.5 Å². The van der Waals surface area contributed by atoms with E-state index < -0.39 is 0 Å². The summed E-state index contributed by atoms with van der Waals surface area (Å²) in [6, 6.07) is 11.9. The highest BCUT2D eigenvalue weighted by Gasteiger charge is 2.41. The third-order valence-corrected chi connectivity index (χ3v) is 7.59. The summed E-state index contributed by atoms with van der Waals surface area (Å²) in [5.74, 6) is -0.258. The summed E-state index contributed by atoms with van der Waals surface area (Å²) >= 11 is 6.19. The maximum atomic E-state index is 13.2. The molecule has 0 radical (unpaired) electrons. The van der Waals surface area contributed by atoms with Crippen molar-refractivity contribution in [2.75, 3.05) is 31.6 Å². The van der Waals surface area contributed by atoms with Gasteiger partial charge in [0.15, 0.2) is 0 Å². The van der Waals surface area contributed by atoms with Gasteiger partial charge in [0.05, 0.1) is 5.69 Å². The molecule has 3 amide bonds. The zero-order valence-corrected chi connectivity index (χ0v) is 21.4. The summed E-state index contributed by atoms with van der Waals surface area (Å²) < 4.78 is 18.6. The van der Waals surface area contributed by atoms with Gasteiger partial charge in [-0.25, -0.2) is 9.18 Å². The summed E-state index contributed by atoms with van der Waals surface area (Å²) in [5.41, 5.74) is 2.33. The Bertz CT molecular complexity index is 1140. The van der Waals surface area contributed by atoms with Gasteiger partial charge in [0.2, 0.25) is 5.91 Å². The number of halogens is 2. The molecule has 0 saturated carbocycles. The molecule has 2 bridgehead atoms. The Morgan fingerprint density at radius 1 is 1.03 bits per heavy atom. The summed E-state index contributed by atoms with van der Waals surface area (Å²) in [5, 5.41) is 6.36. The first-order valence-corrected chi connectivity index (χ1v) is 13.2. The number of carbonyl (C=O) groups is 2. The molecule has 0 aromatic heterocycles. The van der Waals surface area contributed by atoms with Gasteiger partial charge in [0.1, 0.15) is 5.82 Å². The van der Waals surface area contributed by atoms with Gasteiger partial charge in [-0.15, -0.1) is 0 Å². The van der Waals surface area contributed by atoms with Crippen molar-refractivity contribution in [2.24, 2.45) is 0 Å². The van der Waals surface area contributed by atoms with Crippen LogP contribution in [0, 0.1) is 5.82 Å². The number of amides is 3. The summed E-state index contributed by atoms with van der Waals surface area (Å²) in [6.45, 7) is 3.63. The van der Waals surface area contributed by atoms with E-state index in [1.54, 1.807) is 30.4 Å². The first kappa shape index (κ1) is 25.7. The van der Waals surface area contributed by atoms with E-state index in [0.29, 0.717) is 29.5 Å². The van der Waals surface area contributed by atoms with E-state index in [0.717, 1.165) is 50.9 Å². The van der Waals surface area contributed by atoms with Crippen LogP contribution < -0.4 is 10.6 Å². The molecule has 2 aromatic carbocycles. The van der Waals surface area contributed by atoms with Crippen molar-refractivity contribution in [3.63, 3.8) is 0 Å². The molecule has 37 heavy (non-hydrogen) atoms. The molecule has 3 heterocycles.